The molecule has 0 aliphatic carbocycles. The molecule has 8 heteroatoms. The summed E-state index contributed by atoms with van der Waals surface area (Å²) in [4.78, 5) is 11.9. The summed E-state index contributed by atoms with van der Waals surface area (Å²) in [5.41, 5.74) is 9.04. The third-order valence-corrected chi connectivity index (χ3v) is 6.47. The molecular weight excluding hydrogens is 528 g/mol. The van der Waals surface area contributed by atoms with Gasteiger partial charge in [0.2, 0.25) is 5.91 Å². The van der Waals surface area contributed by atoms with E-state index in [0.717, 1.165) is 44.8 Å². The van der Waals surface area contributed by atoms with Crippen molar-refractivity contribution in [1.82, 2.24) is 10.6 Å². The van der Waals surface area contributed by atoms with Gasteiger partial charge in [0.15, 0.2) is 0 Å². The molecule has 40 heavy (non-hydrogen) atoms. The van der Waals surface area contributed by atoms with Gasteiger partial charge in [0.05, 0.1) is 6.04 Å². The minimum atomic E-state index is -1.00. The Labute approximate surface area is 244 Å². The fraction of sp³-hybridized carbons (Fsp3) is 0.469. The molecule has 4 N–H and O–H groups in total. The summed E-state index contributed by atoms with van der Waals surface area (Å²) in [5, 5.41) is 6.20. The highest BCUT2D eigenvalue weighted by molar-refractivity contribution is 7.85. The number of carbonyl (C=O) groups is 1. The number of aryl methyl sites for hydroxylation is 2. The van der Waals surface area contributed by atoms with Gasteiger partial charge in [-0.2, -0.15) is 0 Å². The largest absolute Gasteiger partial charge is 0.355 e. The second-order valence-corrected chi connectivity index (χ2v) is 9.83. The van der Waals surface area contributed by atoms with E-state index in [-0.39, 0.29) is 11.7 Å². The number of benzene rings is 2. The van der Waals surface area contributed by atoms with E-state index in [4.69, 9.17) is 5.73 Å². The molecule has 2 aromatic carbocycles. The van der Waals surface area contributed by atoms with Gasteiger partial charge in [0, 0.05) is 41.5 Å². The maximum absolute atomic E-state index is 12.2. The molecule has 1 unspecified atom stereocenters. The lowest BCUT2D eigenvalue weighted by molar-refractivity contribution is -0.121. The van der Waals surface area contributed by atoms with Gasteiger partial charge in [-0.15, -0.1) is 25.7 Å². The molecule has 0 radical (unpaired) electrons. The first-order valence-corrected chi connectivity index (χ1v) is 15.0. The van der Waals surface area contributed by atoms with Crippen molar-refractivity contribution in [3.63, 3.8) is 0 Å². The lowest BCUT2D eigenvalue weighted by Gasteiger charge is -2.12. The normalized spacial score (nSPS) is 10.8. The van der Waals surface area contributed by atoms with Crippen LogP contribution in [0.2, 0.25) is 0 Å². The molecule has 0 aliphatic rings. The predicted octanol–water partition coefficient (Wildman–Crippen LogP) is 5.52. The molecule has 0 aliphatic heterocycles. The molecule has 2 aromatic rings. The van der Waals surface area contributed by atoms with Crippen LogP contribution in [0.4, 0.5) is 8.78 Å². The average Bonchev–Trinajstić information content (AvgIpc) is 2.96. The zero-order valence-corrected chi connectivity index (χ0v) is 25.7. The molecule has 0 bridgehead atoms. The van der Waals surface area contributed by atoms with Crippen LogP contribution < -0.4 is 16.4 Å². The van der Waals surface area contributed by atoms with E-state index >= 15 is 0 Å². The van der Waals surface area contributed by atoms with Crippen molar-refractivity contribution >= 4 is 16.7 Å². The SMILES string of the molecule is C#C.C#C.CC.CCCCS(=O)C[C@@H](N)C(=O)NCCCNCc1cccc(CC)c1.Cc1cc(F)cc(F)c1. The summed E-state index contributed by atoms with van der Waals surface area (Å²) in [6.07, 6.45) is 19.8. The van der Waals surface area contributed by atoms with E-state index < -0.39 is 28.5 Å². The molecule has 0 spiro atoms. The van der Waals surface area contributed by atoms with Gasteiger partial charge in [0.25, 0.3) is 0 Å². The molecule has 1 amide bonds. The lowest BCUT2D eigenvalue weighted by atomic mass is 10.1. The van der Waals surface area contributed by atoms with Gasteiger partial charge in [-0.05, 0) is 61.6 Å². The molecule has 0 saturated heterocycles. The molecule has 2 atom stereocenters. The van der Waals surface area contributed by atoms with Crippen molar-refractivity contribution in [2.24, 2.45) is 5.73 Å². The van der Waals surface area contributed by atoms with E-state index in [9.17, 15) is 17.8 Å². The highest BCUT2D eigenvalue weighted by Gasteiger charge is 2.15. The van der Waals surface area contributed by atoms with Crippen molar-refractivity contribution in [3.8, 4) is 25.7 Å². The Morgan fingerprint density at radius 3 is 2.05 bits per heavy atom. The molecule has 0 fully saturated rings. The van der Waals surface area contributed by atoms with E-state index in [1.165, 1.54) is 23.3 Å². The number of amides is 1. The number of unbranched alkanes of at least 4 members (excludes halogenated alkanes) is 1. The van der Waals surface area contributed by atoms with E-state index in [1.54, 1.807) is 6.92 Å². The zero-order valence-electron chi connectivity index (χ0n) is 24.9. The number of hydrogen-bond acceptors (Lipinski definition) is 4. The van der Waals surface area contributed by atoms with Crippen molar-refractivity contribution in [2.75, 3.05) is 24.6 Å². The van der Waals surface area contributed by atoms with Crippen molar-refractivity contribution in [1.29, 1.82) is 0 Å². The number of rotatable bonds is 13. The third kappa shape index (κ3) is 22.9. The van der Waals surface area contributed by atoms with Crippen LogP contribution in [0.3, 0.4) is 0 Å². The number of halogens is 2. The molecule has 5 nitrogen and oxygen atoms in total. The first kappa shape index (κ1) is 41.4. The summed E-state index contributed by atoms with van der Waals surface area (Å²) < 4.78 is 36.1. The topological polar surface area (TPSA) is 84.2 Å². The molecule has 0 saturated carbocycles. The highest BCUT2D eigenvalue weighted by atomic mass is 32.2. The van der Waals surface area contributed by atoms with E-state index in [1.807, 2.05) is 13.8 Å². The van der Waals surface area contributed by atoms with Crippen LogP contribution in [-0.2, 0) is 28.6 Å². The number of hydrogen-bond donors (Lipinski definition) is 3. The first-order chi connectivity index (χ1) is 19.2. The first-order valence-electron chi connectivity index (χ1n) is 13.5. The van der Waals surface area contributed by atoms with Gasteiger partial charge in [-0.25, -0.2) is 8.78 Å². The molecular formula is C32H49F2N3O2S. The molecule has 0 heterocycles. The van der Waals surface area contributed by atoms with Crippen LogP contribution in [0.15, 0.2) is 42.5 Å². The van der Waals surface area contributed by atoms with Gasteiger partial charge in [-0.1, -0.05) is 58.4 Å². The van der Waals surface area contributed by atoms with Crippen molar-refractivity contribution in [3.05, 3.63) is 70.8 Å². The van der Waals surface area contributed by atoms with Crippen LogP contribution >= 0.6 is 0 Å². The Kier molecular flexibility index (Phi) is 30.0. The second-order valence-electron chi connectivity index (χ2n) is 8.21. The minimum Gasteiger partial charge on any atom is -0.355 e. The van der Waals surface area contributed by atoms with Crippen LogP contribution in [0.1, 0.15) is 63.6 Å². The maximum atomic E-state index is 12.2. The number of terminal acetylenes is 2. The predicted molar refractivity (Wildman–Crippen MR) is 168 cm³/mol. The summed E-state index contributed by atoms with van der Waals surface area (Å²) in [6, 6.07) is 11.3. The Bertz CT molecular complexity index is 924. The zero-order chi connectivity index (χ0) is 31.3. The third-order valence-electron chi connectivity index (χ3n) is 4.99. The van der Waals surface area contributed by atoms with Crippen LogP contribution in [0, 0.1) is 44.3 Å². The average molecular weight is 578 g/mol. The van der Waals surface area contributed by atoms with Gasteiger partial charge in [-0.3, -0.25) is 9.00 Å². The Hall–Kier alpha value is -3.04. The van der Waals surface area contributed by atoms with Gasteiger partial charge >= 0.3 is 0 Å². The second kappa shape index (κ2) is 29.0. The van der Waals surface area contributed by atoms with Gasteiger partial charge < -0.3 is 16.4 Å². The van der Waals surface area contributed by atoms with Crippen LogP contribution in [0.5, 0.6) is 0 Å². The lowest BCUT2D eigenvalue weighted by Crippen LogP contribution is -2.44. The van der Waals surface area contributed by atoms with Crippen molar-refractivity contribution < 1.29 is 17.8 Å². The summed E-state index contributed by atoms with van der Waals surface area (Å²) >= 11 is 0. The van der Waals surface area contributed by atoms with E-state index in [2.05, 4.69) is 74.4 Å². The Morgan fingerprint density at radius 2 is 1.52 bits per heavy atom. The monoisotopic (exact) mass is 577 g/mol. The Balaban J connectivity index is -0.000000753. The highest BCUT2D eigenvalue weighted by Crippen LogP contribution is 2.06. The molecule has 2 rings (SSSR count). The number of nitrogens with one attached hydrogen (secondary N) is 2. The maximum Gasteiger partial charge on any atom is 0.237 e. The summed E-state index contributed by atoms with van der Waals surface area (Å²) in [6.45, 7) is 12.1. The Morgan fingerprint density at radius 1 is 0.950 bits per heavy atom. The fourth-order valence-corrected chi connectivity index (χ4v) is 4.43. The smallest absolute Gasteiger partial charge is 0.237 e. The molecule has 224 valence electrons. The number of nitrogens with two attached hydrogens (primary N) is 1. The van der Waals surface area contributed by atoms with Gasteiger partial charge in [0.1, 0.15) is 11.6 Å². The minimum absolute atomic E-state index is 0.208. The molecule has 0 aromatic heterocycles. The van der Waals surface area contributed by atoms with E-state index in [0.29, 0.717) is 17.9 Å². The quantitative estimate of drug-likeness (QED) is 0.216. The summed E-state index contributed by atoms with van der Waals surface area (Å²) in [5.74, 6) is -0.376. The van der Waals surface area contributed by atoms with Crippen LogP contribution in [0.25, 0.3) is 0 Å². The fourth-order valence-electron chi connectivity index (χ4n) is 3.10. The summed E-state index contributed by atoms with van der Waals surface area (Å²) in [7, 11) is -1.00. The number of carbonyl (C=O) groups excluding carboxylic acids is 1. The van der Waals surface area contributed by atoms with Crippen LogP contribution in [-0.4, -0.2) is 40.8 Å². The van der Waals surface area contributed by atoms with Crippen molar-refractivity contribution in [2.45, 2.75) is 72.9 Å². The standard InChI is InChI=1S/C19H33N3O2S.C7H6F2.C2H6.2C2H2/c1-3-5-12-25(24)15-18(20)19(23)22-11-7-10-21-14-17-9-6-8-16(4-2)13-17;1-5-2-6(8)4-7(9)3-5;3*1-2/h6,8-9,13,18,21H,3-5,7,10-12,14-15,20H2,1-2H3,(H,22,23);2-4H,1H3;1-2H3;2*1-2H/t18-,25?;;;;/m1..../s1.